The molecule has 7 rings (SSSR count). The van der Waals surface area contributed by atoms with E-state index >= 15 is 4.79 Å². The third-order valence-electron chi connectivity index (χ3n) is 16.9. The monoisotopic (exact) mass is 1300 g/mol. The topological polar surface area (TPSA) is 303 Å². The number of aliphatic carboxylic acids is 1. The Morgan fingerprint density at radius 2 is 1.39 bits per heavy atom. The van der Waals surface area contributed by atoms with Crippen molar-refractivity contribution in [1.82, 2.24) is 30.2 Å². The molecule has 0 radical (unpaired) electrons. The van der Waals surface area contributed by atoms with Crippen LogP contribution in [-0.4, -0.2) is 175 Å². The number of fused-ring (bicyclic) bond motifs is 4. The van der Waals surface area contributed by atoms with Crippen LogP contribution >= 0.6 is 0 Å². The molecular formula is C70H87N7O17. The summed E-state index contributed by atoms with van der Waals surface area (Å²) in [5, 5.41) is 17.7. The minimum atomic E-state index is -1.53. The summed E-state index contributed by atoms with van der Waals surface area (Å²) in [6.45, 7) is 5.98. The number of anilines is 1. The van der Waals surface area contributed by atoms with Crippen molar-refractivity contribution in [2.24, 2.45) is 11.3 Å². The van der Waals surface area contributed by atoms with Gasteiger partial charge in [0.1, 0.15) is 48.7 Å². The molecular weight excluding hydrogens is 1210 g/mol. The highest BCUT2D eigenvalue weighted by molar-refractivity contribution is 6.38. The number of ketones is 1. The van der Waals surface area contributed by atoms with Gasteiger partial charge in [0.15, 0.2) is 18.1 Å². The highest BCUT2D eigenvalue weighted by Gasteiger charge is 2.44. The van der Waals surface area contributed by atoms with Gasteiger partial charge in [-0.1, -0.05) is 80.6 Å². The number of Topliss-reactive ketones (excluding diaryl/α,β-unsaturated/α-hetero) is 1. The summed E-state index contributed by atoms with van der Waals surface area (Å²) in [7, 11) is 6.11. The number of hydrogen-bond donors (Lipinski definition) is 4. The van der Waals surface area contributed by atoms with Gasteiger partial charge >= 0.3 is 17.9 Å². The van der Waals surface area contributed by atoms with Crippen molar-refractivity contribution >= 4 is 70.7 Å². The number of cyclic esters (lactones) is 2. The van der Waals surface area contributed by atoms with Crippen LogP contribution in [0, 0.1) is 11.3 Å². The van der Waals surface area contributed by atoms with Crippen LogP contribution in [0.2, 0.25) is 0 Å². The van der Waals surface area contributed by atoms with Crippen LogP contribution in [-0.2, 0) is 75.1 Å². The first-order valence-corrected chi connectivity index (χ1v) is 31.8. The second kappa shape index (κ2) is 33.8. The number of nitrogens with zero attached hydrogens (tertiary/aromatic N) is 4. The molecule has 2 saturated heterocycles. The molecule has 3 aliphatic heterocycles. The predicted octanol–water partition coefficient (Wildman–Crippen LogP) is 6.49. The quantitative estimate of drug-likeness (QED) is 0.0821. The Bertz CT molecular complexity index is 3410. The highest BCUT2D eigenvalue weighted by Crippen LogP contribution is 2.33. The zero-order valence-electron chi connectivity index (χ0n) is 54.7. The molecule has 0 saturated carbocycles. The SMILES string of the molecule is COc1ccc(CC[C@H]2OC(=O)[C@@H]3CCCCN3C(=O)C(=O)C(C)(C)COC(=O)/C=C/CCN(C)C(=O)[C@H](CC(C)C)N(C)C(=O)[C@H]3CCCN3C(=O)[C@H](Cc3ccc(OCC(=O)O)cc3)NC(=O)[C@H](c3ccccc3)NC(=O)CCC(=O)Nc3cccc2c3)cc1OC. The molecule has 3 aliphatic rings. The van der Waals surface area contributed by atoms with Gasteiger partial charge in [0, 0.05) is 64.8 Å². The average Bonchev–Trinajstić information content (AvgIpc) is 1.31. The van der Waals surface area contributed by atoms with Gasteiger partial charge in [-0.25, -0.2) is 14.4 Å². The van der Waals surface area contributed by atoms with E-state index in [1.165, 1.54) is 72.9 Å². The van der Waals surface area contributed by atoms with E-state index in [2.05, 4.69) is 16.0 Å². The number of esters is 2. The van der Waals surface area contributed by atoms with E-state index in [0.29, 0.717) is 59.6 Å². The first kappa shape index (κ1) is 71.8. The zero-order valence-corrected chi connectivity index (χ0v) is 54.7. The molecule has 0 spiro atoms. The summed E-state index contributed by atoms with van der Waals surface area (Å²) >= 11 is 0. The molecule has 3 heterocycles. The number of carbonyl (C=O) groups excluding carboxylic acids is 10. The molecule has 94 heavy (non-hydrogen) atoms. The number of carbonyl (C=O) groups is 11. The Labute approximate surface area is 548 Å². The van der Waals surface area contributed by atoms with Crippen LogP contribution in [0.15, 0.2) is 109 Å². The first-order chi connectivity index (χ1) is 44.9. The first-order valence-electron chi connectivity index (χ1n) is 31.8. The van der Waals surface area contributed by atoms with Crippen LogP contribution in [0.3, 0.4) is 0 Å². The van der Waals surface area contributed by atoms with Crippen molar-refractivity contribution in [3.63, 3.8) is 0 Å². The molecule has 4 aromatic rings. The van der Waals surface area contributed by atoms with E-state index in [1.807, 2.05) is 19.9 Å². The summed E-state index contributed by atoms with van der Waals surface area (Å²) in [5.41, 5.74) is 0.916. The average molecular weight is 1300 g/mol. The van der Waals surface area contributed by atoms with Crippen molar-refractivity contribution in [2.75, 3.05) is 66.5 Å². The second-order valence-electron chi connectivity index (χ2n) is 24.9. The molecule has 4 N–H and O–H groups in total. The number of amides is 7. The van der Waals surface area contributed by atoms with Gasteiger partial charge in [0.2, 0.25) is 41.2 Å². The molecule has 7 amide bonds. The van der Waals surface area contributed by atoms with Gasteiger partial charge in [0.05, 0.1) is 19.6 Å². The van der Waals surface area contributed by atoms with Crippen molar-refractivity contribution in [1.29, 1.82) is 0 Å². The minimum absolute atomic E-state index is 0.0676. The summed E-state index contributed by atoms with van der Waals surface area (Å²) in [6, 6.07) is 20.6. The van der Waals surface area contributed by atoms with Crippen LogP contribution in [0.1, 0.15) is 126 Å². The number of carboxylic acids is 1. The Hall–Kier alpha value is -9.61. The number of aryl methyl sites for hydroxylation is 1. The van der Waals surface area contributed by atoms with Crippen molar-refractivity contribution < 1.29 is 81.5 Å². The minimum Gasteiger partial charge on any atom is -0.493 e. The number of rotatable bonds is 13. The van der Waals surface area contributed by atoms with E-state index < -0.39 is 126 Å². The van der Waals surface area contributed by atoms with Crippen LogP contribution in [0.25, 0.3) is 0 Å². The fourth-order valence-electron chi connectivity index (χ4n) is 11.6. The standard InChI is InChI=1S/C70H87N7O17/c1-44(2)38-54-66(86)74(5)35-14-13-24-61(82)93-43-70(3,4)63(83)68(88)77-36-15-12-22-53(77)69(89)94-55(31-27-46-28-32-56(90-7)57(40-46)91-8)48-20-16-21-49(41-48)71-58(78)33-34-59(79)73-62(47-18-10-9-11-19-47)64(84)72-51(39-45-25-29-50(30-26-45)92-42-60(80)81)65(85)76-37-17-23-52(76)67(87)75(54)6/h9-11,13,16,18-21,24-26,28-30,32,40-41,44,51-55,62H,12,14-15,17,22-23,27,31,33-39,42-43H2,1-8H3,(H,71,78)(H,72,84)(H,73,79)(H,80,81)/b24-13+/t51-,52+,53-,54-,55+,62-/m0/s1. The normalized spacial score (nSPS) is 22.6. The van der Waals surface area contributed by atoms with Gasteiger partial charge in [-0.15, -0.1) is 0 Å². The van der Waals surface area contributed by atoms with E-state index in [9.17, 15) is 53.1 Å². The number of likely N-dealkylation sites (N-methyl/N-ethyl adjacent to an activating group) is 2. The molecule has 6 atom stereocenters. The number of hydrogen-bond acceptors (Lipinski definition) is 16. The zero-order chi connectivity index (χ0) is 68.2. The fraction of sp³-hybridized carbons (Fsp3) is 0.471. The lowest BCUT2D eigenvalue weighted by molar-refractivity contribution is -0.165. The molecule has 0 aliphatic carbocycles. The summed E-state index contributed by atoms with van der Waals surface area (Å²) in [5.74, 6) is -7.03. The summed E-state index contributed by atoms with van der Waals surface area (Å²) in [4.78, 5) is 160. The number of ether oxygens (including phenoxy) is 5. The lowest BCUT2D eigenvalue weighted by Crippen LogP contribution is -2.58. The molecule has 2 bridgehead atoms. The molecule has 4 aromatic carbocycles. The largest absolute Gasteiger partial charge is 0.493 e. The van der Waals surface area contributed by atoms with Gasteiger partial charge in [0.25, 0.3) is 5.91 Å². The van der Waals surface area contributed by atoms with E-state index in [1.54, 1.807) is 85.9 Å². The maximum absolute atomic E-state index is 15.1. The van der Waals surface area contributed by atoms with Crippen molar-refractivity contribution in [3.05, 3.63) is 131 Å². The fourth-order valence-corrected chi connectivity index (χ4v) is 11.6. The third kappa shape index (κ3) is 19.7. The third-order valence-corrected chi connectivity index (χ3v) is 16.9. The number of methoxy groups -OCH3 is 2. The van der Waals surface area contributed by atoms with Crippen LogP contribution in [0.5, 0.6) is 17.2 Å². The summed E-state index contributed by atoms with van der Waals surface area (Å²) in [6.07, 6.45) is 3.70. The van der Waals surface area contributed by atoms with Gasteiger partial charge < -0.3 is 64.3 Å². The summed E-state index contributed by atoms with van der Waals surface area (Å²) < 4.78 is 28.2. The lowest BCUT2D eigenvalue weighted by Gasteiger charge is -2.36. The molecule has 504 valence electrons. The predicted molar refractivity (Wildman–Crippen MR) is 345 cm³/mol. The molecule has 2 fully saturated rings. The van der Waals surface area contributed by atoms with Crippen LogP contribution in [0.4, 0.5) is 5.69 Å². The number of benzene rings is 4. The lowest BCUT2D eigenvalue weighted by atomic mass is 9.87. The molecule has 0 aromatic heterocycles. The number of piperidine rings is 1. The van der Waals surface area contributed by atoms with Gasteiger partial charge in [-0.05, 0) is 136 Å². The molecule has 0 unspecified atom stereocenters. The Morgan fingerprint density at radius 3 is 2.10 bits per heavy atom. The van der Waals surface area contributed by atoms with E-state index in [0.717, 1.165) is 11.6 Å². The second-order valence-corrected chi connectivity index (χ2v) is 24.9. The van der Waals surface area contributed by atoms with E-state index in [-0.39, 0.29) is 76.2 Å². The smallest absolute Gasteiger partial charge is 0.341 e. The Morgan fingerprint density at radius 1 is 0.713 bits per heavy atom. The van der Waals surface area contributed by atoms with Gasteiger partial charge in [-0.2, -0.15) is 0 Å². The maximum atomic E-state index is 15.1. The highest BCUT2D eigenvalue weighted by atomic mass is 16.5. The number of nitrogens with one attached hydrogen (secondary N) is 3. The van der Waals surface area contributed by atoms with Crippen LogP contribution < -0.4 is 30.2 Å². The molecule has 24 nitrogen and oxygen atoms in total. The van der Waals surface area contributed by atoms with E-state index in [4.69, 9.17) is 23.7 Å². The Kier molecular flexibility index (Phi) is 25.8. The number of carboxylic acid groups (broad SMARTS) is 1. The Balaban J connectivity index is 1.20. The van der Waals surface area contributed by atoms with Crippen molar-refractivity contribution in [2.45, 2.75) is 141 Å². The van der Waals surface area contributed by atoms with Gasteiger partial charge in [-0.3, -0.25) is 38.4 Å². The van der Waals surface area contributed by atoms with Crippen molar-refractivity contribution in [3.8, 4) is 17.2 Å². The maximum Gasteiger partial charge on any atom is 0.341 e. The molecule has 24 heteroatoms.